The highest BCUT2D eigenvalue weighted by molar-refractivity contribution is 7.99. The number of piperazine rings is 1. The van der Waals surface area contributed by atoms with E-state index in [1.54, 1.807) is 6.07 Å². The number of primary amides is 1. The first kappa shape index (κ1) is 22.2. The van der Waals surface area contributed by atoms with E-state index in [1.165, 1.54) is 22.1 Å². The number of hydrogen-bond acceptors (Lipinski definition) is 7. The Morgan fingerprint density at radius 2 is 1.77 bits per heavy atom. The first-order chi connectivity index (χ1) is 14.3. The molecule has 1 aliphatic rings. The van der Waals surface area contributed by atoms with Crippen LogP contribution in [-0.2, 0) is 21.4 Å². The lowest BCUT2D eigenvalue weighted by Gasteiger charge is -2.33. The number of sulfonamides is 1. The minimum atomic E-state index is -3.63. The molecular weight excluding hydrogens is 426 g/mol. The predicted molar refractivity (Wildman–Crippen MR) is 113 cm³/mol. The van der Waals surface area contributed by atoms with Crippen LogP contribution in [0.3, 0.4) is 0 Å². The Balaban J connectivity index is 1.54. The number of pyridine rings is 1. The van der Waals surface area contributed by atoms with Gasteiger partial charge in [-0.2, -0.15) is 4.31 Å². The molecule has 0 unspecified atom stereocenters. The molecule has 1 aromatic heterocycles. The summed E-state index contributed by atoms with van der Waals surface area (Å²) in [5.74, 6) is -0.592. The lowest BCUT2D eigenvalue weighted by molar-refractivity contribution is -0.117. The topological polar surface area (TPSA) is 126 Å². The standard InChI is InChI=1S/C19H23N5O4S2/c20-19(26)22-17(25)14-29-18-7-6-16(12-21-18)30(27,28)24-10-8-23(9-11-24)13-15-4-2-1-3-5-15/h1-7,12H,8-11,13-14H2,(H3,20,22,25,26). The van der Waals surface area contributed by atoms with Crippen LogP contribution in [0.2, 0.25) is 0 Å². The van der Waals surface area contributed by atoms with Crippen LogP contribution in [0, 0.1) is 0 Å². The van der Waals surface area contributed by atoms with E-state index in [2.05, 4.69) is 22.0 Å². The first-order valence-electron chi connectivity index (χ1n) is 9.29. The number of nitrogens with zero attached hydrogens (tertiary/aromatic N) is 3. The van der Waals surface area contributed by atoms with Gasteiger partial charge in [0.1, 0.15) is 4.90 Å². The van der Waals surface area contributed by atoms with Gasteiger partial charge in [-0.1, -0.05) is 42.1 Å². The fraction of sp³-hybridized carbons (Fsp3) is 0.316. The quantitative estimate of drug-likeness (QED) is 0.601. The van der Waals surface area contributed by atoms with E-state index in [4.69, 9.17) is 5.73 Å². The van der Waals surface area contributed by atoms with Crippen molar-refractivity contribution >= 4 is 33.7 Å². The van der Waals surface area contributed by atoms with Gasteiger partial charge < -0.3 is 5.73 Å². The number of carbonyl (C=O) groups excluding carboxylic acids is 2. The lowest BCUT2D eigenvalue weighted by atomic mass is 10.2. The molecule has 0 atom stereocenters. The first-order valence-corrected chi connectivity index (χ1v) is 11.7. The Morgan fingerprint density at radius 1 is 1.07 bits per heavy atom. The van der Waals surface area contributed by atoms with Crippen molar-refractivity contribution in [3.63, 3.8) is 0 Å². The largest absolute Gasteiger partial charge is 0.351 e. The highest BCUT2D eigenvalue weighted by Crippen LogP contribution is 2.21. The number of nitrogens with one attached hydrogen (secondary N) is 1. The predicted octanol–water partition coefficient (Wildman–Crippen LogP) is 0.875. The maximum absolute atomic E-state index is 12.9. The summed E-state index contributed by atoms with van der Waals surface area (Å²) in [6.07, 6.45) is 1.29. The third-order valence-corrected chi connectivity index (χ3v) is 7.37. The number of rotatable bonds is 7. The molecule has 2 heterocycles. The van der Waals surface area contributed by atoms with Crippen LogP contribution < -0.4 is 11.1 Å². The van der Waals surface area contributed by atoms with Crippen LogP contribution in [0.15, 0.2) is 58.6 Å². The number of hydrogen-bond donors (Lipinski definition) is 2. The Kier molecular flexibility index (Phi) is 7.43. The normalized spacial score (nSPS) is 15.6. The molecule has 1 aliphatic heterocycles. The van der Waals surface area contributed by atoms with E-state index in [9.17, 15) is 18.0 Å². The summed E-state index contributed by atoms with van der Waals surface area (Å²) in [6, 6.07) is 12.2. The van der Waals surface area contributed by atoms with Crippen LogP contribution in [0.1, 0.15) is 5.56 Å². The van der Waals surface area contributed by atoms with Crippen LogP contribution in [0.25, 0.3) is 0 Å². The number of aromatic nitrogens is 1. The van der Waals surface area contributed by atoms with Crippen LogP contribution in [-0.4, -0.2) is 66.5 Å². The maximum Gasteiger partial charge on any atom is 0.318 e. The van der Waals surface area contributed by atoms with Crippen molar-refractivity contribution in [2.75, 3.05) is 31.9 Å². The van der Waals surface area contributed by atoms with E-state index < -0.39 is 22.0 Å². The van der Waals surface area contributed by atoms with Crippen LogP contribution >= 0.6 is 11.8 Å². The molecule has 3 rings (SSSR count). The zero-order chi connectivity index (χ0) is 21.6. The molecule has 1 fully saturated rings. The molecule has 1 saturated heterocycles. The molecule has 9 nitrogen and oxygen atoms in total. The highest BCUT2D eigenvalue weighted by Gasteiger charge is 2.28. The monoisotopic (exact) mass is 449 g/mol. The molecule has 0 saturated carbocycles. The molecule has 3 amide bonds. The molecule has 0 bridgehead atoms. The molecule has 0 aliphatic carbocycles. The summed E-state index contributed by atoms with van der Waals surface area (Å²) in [7, 11) is -3.63. The minimum absolute atomic E-state index is 0.0502. The number of imide groups is 1. The van der Waals surface area contributed by atoms with Crippen molar-refractivity contribution in [2.24, 2.45) is 5.73 Å². The molecule has 11 heteroatoms. The summed E-state index contributed by atoms with van der Waals surface area (Å²) in [5, 5.41) is 2.43. The summed E-state index contributed by atoms with van der Waals surface area (Å²) in [6.45, 7) is 2.94. The highest BCUT2D eigenvalue weighted by atomic mass is 32.2. The molecule has 2 aromatic rings. The van der Waals surface area contributed by atoms with Crippen LogP contribution in [0.5, 0.6) is 0 Å². The van der Waals surface area contributed by atoms with Crippen molar-refractivity contribution in [1.29, 1.82) is 0 Å². The molecule has 1 aromatic carbocycles. The van der Waals surface area contributed by atoms with Gasteiger partial charge in [0.25, 0.3) is 0 Å². The van der Waals surface area contributed by atoms with Crippen molar-refractivity contribution in [2.45, 2.75) is 16.5 Å². The second-order valence-electron chi connectivity index (χ2n) is 6.70. The van der Waals surface area contributed by atoms with E-state index in [-0.39, 0.29) is 10.6 Å². The Morgan fingerprint density at radius 3 is 2.37 bits per heavy atom. The molecule has 3 N–H and O–H groups in total. The van der Waals surface area contributed by atoms with Crippen molar-refractivity contribution < 1.29 is 18.0 Å². The van der Waals surface area contributed by atoms with Gasteiger partial charge >= 0.3 is 6.03 Å². The molecule has 30 heavy (non-hydrogen) atoms. The molecule has 160 valence electrons. The number of amides is 3. The molecule has 0 radical (unpaired) electrons. The zero-order valence-corrected chi connectivity index (χ0v) is 17.9. The van der Waals surface area contributed by atoms with E-state index >= 15 is 0 Å². The molecule has 0 spiro atoms. The Hall–Kier alpha value is -2.47. The van der Waals surface area contributed by atoms with E-state index in [1.807, 2.05) is 23.5 Å². The number of urea groups is 1. The van der Waals surface area contributed by atoms with E-state index in [0.717, 1.165) is 18.3 Å². The number of benzene rings is 1. The second-order valence-corrected chi connectivity index (χ2v) is 9.63. The van der Waals surface area contributed by atoms with Gasteiger partial charge in [-0.05, 0) is 17.7 Å². The van der Waals surface area contributed by atoms with Gasteiger partial charge in [0.2, 0.25) is 15.9 Å². The minimum Gasteiger partial charge on any atom is -0.351 e. The summed E-state index contributed by atoms with van der Waals surface area (Å²) in [5.41, 5.74) is 6.08. The Labute approximate surface area is 179 Å². The average molecular weight is 450 g/mol. The van der Waals surface area contributed by atoms with Gasteiger partial charge in [0.15, 0.2) is 0 Å². The number of thioether (sulfide) groups is 1. The third kappa shape index (κ3) is 6.02. The van der Waals surface area contributed by atoms with Crippen molar-refractivity contribution in [1.82, 2.24) is 19.5 Å². The van der Waals surface area contributed by atoms with Crippen molar-refractivity contribution in [3.05, 3.63) is 54.2 Å². The number of nitrogens with two attached hydrogens (primary N) is 1. The van der Waals surface area contributed by atoms with Gasteiger partial charge in [-0.15, -0.1) is 0 Å². The van der Waals surface area contributed by atoms with Gasteiger partial charge in [0.05, 0.1) is 10.8 Å². The number of carbonyl (C=O) groups is 2. The summed E-state index contributed by atoms with van der Waals surface area (Å²) in [4.78, 5) is 28.5. The smallest absolute Gasteiger partial charge is 0.318 e. The van der Waals surface area contributed by atoms with Gasteiger partial charge in [-0.25, -0.2) is 18.2 Å². The van der Waals surface area contributed by atoms with Gasteiger partial charge in [-0.3, -0.25) is 15.0 Å². The third-order valence-electron chi connectivity index (χ3n) is 4.54. The average Bonchev–Trinajstić information content (AvgIpc) is 2.73. The summed E-state index contributed by atoms with van der Waals surface area (Å²) < 4.78 is 27.3. The summed E-state index contributed by atoms with van der Waals surface area (Å²) >= 11 is 1.08. The maximum atomic E-state index is 12.9. The second kappa shape index (κ2) is 10.0. The zero-order valence-electron chi connectivity index (χ0n) is 16.2. The fourth-order valence-corrected chi connectivity index (χ4v) is 5.05. The van der Waals surface area contributed by atoms with E-state index in [0.29, 0.717) is 31.2 Å². The van der Waals surface area contributed by atoms with Crippen molar-refractivity contribution in [3.8, 4) is 0 Å². The Bertz CT molecular complexity index is 976. The lowest BCUT2D eigenvalue weighted by Crippen LogP contribution is -2.48. The van der Waals surface area contributed by atoms with Crippen LogP contribution in [0.4, 0.5) is 4.79 Å². The van der Waals surface area contributed by atoms with Gasteiger partial charge in [0, 0.05) is 38.9 Å². The fourth-order valence-electron chi connectivity index (χ4n) is 3.04. The molecular formula is C19H23N5O4S2. The SMILES string of the molecule is NC(=O)NC(=O)CSc1ccc(S(=O)(=O)N2CCN(Cc3ccccc3)CC2)cn1.